The van der Waals surface area contributed by atoms with Crippen LogP contribution in [0.5, 0.6) is 11.5 Å². The van der Waals surface area contributed by atoms with Crippen LogP contribution in [0.25, 0.3) is 0 Å². The minimum Gasteiger partial charge on any atom is -0.481 e. The zero-order valence-corrected chi connectivity index (χ0v) is 30.1. The van der Waals surface area contributed by atoms with Crippen molar-refractivity contribution in [1.82, 2.24) is 0 Å². The first-order chi connectivity index (χ1) is 23.5. The highest BCUT2D eigenvalue weighted by atomic mass is 32.2. The van der Waals surface area contributed by atoms with Crippen molar-refractivity contribution in [3.63, 3.8) is 0 Å². The Kier molecular flexibility index (Phi) is 14.0. The topological polar surface area (TPSA) is 123 Å². The summed E-state index contributed by atoms with van der Waals surface area (Å²) in [6.45, 7) is 7.96. The Hall–Kier alpha value is -3.96. The fraction of sp³-hybridized carbons (Fsp3) is 0.333. The van der Waals surface area contributed by atoms with Crippen molar-refractivity contribution in [3.05, 3.63) is 120 Å². The van der Waals surface area contributed by atoms with Gasteiger partial charge in [0.15, 0.2) is 12.5 Å². The molecule has 0 aliphatic rings. The summed E-state index contributed by atoms with van der Waals surface area (Å²) in [5, 5.41) is 0. The lowest BCUT2D eigenvalue weighted by molar-refractivity contribution is -0.162. The molecule has 4 aromatic rings. The number of ether oxygens (including phenoxy) is 4. The minimum absolute atomic E-state index is 0.132. The third-order valence-electron chi connectivity index (χ3n) is 7.77. The van der Waals surface area contributed by atoms with E-state index >= 15 is 0 Å². The first-order valence-electron chi connectivity index (χ1n) is 16.4. The van der Waals surface area contributed by atoms with E-state index in [0.29, 0.717) is 11.5 Å². The van der Waals surface area contributed by atoms with Crippen molar-refractivity contribution in [3.8, 4) is 11.5 Å². The van der Waals surface area contributed by atoms with E-state index < -0.39 is 42.0 Å². The molecule has 0 aliphatic heterocycles. The molecule has 4 unspecified atom stereocenters. The van der Waals surface area contributed by atoms with Gasteiger partial charge in [0, 0.05) is 22.6 Å². The molecule has 8 nitrogen and oxygen atoms in total. The number of para-hydroxylation sites is 2. The monoisotopic (exact) mass is 702 g/mol. The van der Waals surface area contributed by atoms with E-state index in [-0.39, 0.29) is 12.8 Å². The van der Waals surface area contributed by atoms with Crippen LogP contribution in [0.15, 0.2) is 119 Å². The van der Waals surface area contributed by atoms with E-state index in [2.05, 4.69) is 13.8 Å². The van der Waals surface area contributed by atoms with Crippen LogP contribution in [-0.2, 0) is 30.3 Å². The van der Waals surface area contributed by atoms with E-state index in [9.17, 15) is 9.59 Å². The maximum absolute atomic E-state index is 12.9. The molecular formula is C39H46N2O6S2. The van der Waals surface area contributed by atoms with E-state index in [0.717, 1.165) is 32.4 Å². The highest BCUT2D eigenvalue weighted by molar-refractivity contribution is 7.99. The van der Waals surface area contributed by atoms with Gasteiger partial charge >= 0.3 is 11.9 Å². The van der Waals surface area contributed by atoms with Gasteiger partial charge in [-0.05, 0) is 60.7 Å². The average Bonchev–Trinajstić information content (AvgIpc) is 3.07. The molecule has 0 amide bonds. The van der Waals surface area contributed by atoms with Crippen molar-refractivity contribution in [1.29, 1.82) is 0 Å². The van der Waals surface area contributed by atoms with Crippen LogP contribution in [0, 0.1) is 0 Å². The third kappa shape index (κ3) is 11.0. The van der Waals surface area contributed by atoms with Gasteiger partial charge in [-0.25, -0.2) is 0 Å². The molecule has 4 aromatic carbocycles. The molecule has 0 saturated carbocycles. The van der Waals surface area contributed by atoms with Crippen molar-refractivity contribution in [2.24, 2.45) is 11.5 Å². The van der Waals surface area contributed by atoms with E-state index in [1.54, 1.807) is 23.5 Å². The SMILES string of the molecule is CCSc1ccccc1OC(C)(CC(N)OC(=O)CC(=O)OC(N)CC(C)(Oc1ccccc1SCC)c1ccccc1)c1ccccc1. The Bertz CT molecular complexity index is 1520. The minimum atomic E-state index is -1.07. The maximum Gasteiger partial charge on any atom is 0.318 e. The number of carbonyl (C=O) groups is 2. The first-order valence-corrected chi connectivity index (χ1v) is 18.3. The summed E-state index contributed by atoms with van der Waals surface area (Å²) < 4.78 is 24.2. The van der Waals surface area contributed by atoms with Crippen molar-refractivity contribution in [2.75, 3.05) is 11.5 Å². The normalized spacial score (nSPS) is 14.8. The highest BCUT2D eigenvalue weighted by Crippen LogP contribution is 2.39. The number of nitrogens with two attached hydrogens (primary N) is 2. The second kappa shape index (κ2) is 18.2. The summed E-state index contributed by atoms with van der Waals surface area (Å²) in [5.74, 6) is 1.52. The van der Waals surface area contributed by atoms with Gasteiger partial charge < -0.3 is 18.9 Å². The lowest BCUT2D eigenvalue weighted by atomic mass is 9.91. The molecule has 0 heterocycles. The molecule has 0 saturated heterocycles. The number of carbonyl (C=O) groups excluding carboxylic acids is 2. The number of hydrogen-bond acceptors (Lipinski definition) is 10. The Balaban J connectivity index is 1.40. The third-order valence-corrected chi connectivity index (χ3v) is 9.65. The number of hydrogen-bond donors (Lipinski definition) is 2. The van der Waals surface area contributed by atoms with Gasteiger partial charge in [0.1, 0.15) is 29.1 Å². The molecule has 260 valence electrons. The van der Waals surface area contributed by atoms with Gasteiger partial charge in [0.25, 0.3) is 0 Å². The summed E-state index contributed by atoms with van der Waals surface area (Å²) >= 11 is 3.34. The molecule has 0 aliphatic carbocycles. The van der Waals surface area contributed by atoms with Crippen LogP contribution in [-0.4, -0.2) is 35.9 Å². The summed E-state index contributed by atoms with van der Waals surface area (Å²) in [6, 6.07) is 34.8. The average molecular weight is 703 g/mol. The lowest BCUT2D eigenvalue weighted by Gasteiger charge is -2.34. The number of esters is 2. The van der Waals surface area contributed by atoms with Crippen LogP contribution < -0.4 is 20.9 Å². The van der Waals surface area contributed by atoms with Crippen LogP contribution in [0.2, 0.25) is 0 Å². The fourth-order valence-electron chi connectivity index (χ4n) is 5.51. The standard InChI is InChI=1S/C39H46N2O6S2/c1-5-48-32-23-15-13-21-30(32)46-38(3,28-17-9-7-10-18-28)26-34(40)44-36(42)25-37(43)45-35(41)27-39(4,29-19-11-8-12-20-29)47-31-22-14-16-24-33(31)49-6-2/h7-24,34-35H,5-6,25-27,40-41H2,1-4H3. The molecule has 0 bridgehead atoms. The first kappa shape index (κ1) is 37.9. The molecule has 4 rings (SSSR count). The zero-order chi connectivity index (χ0) is 35.3. The summed E-state index contributed by atoms with van der Waals surface area (Å²) in [5.41, 5.74) is 12.6. The Morgan fingerprint density at radius 3 is 1.31 bits per heavy atom. The van der Waals surface area contributed by atoms with Crippen molar-refractivity contribution >= 4 is 35.5 Å². The lowest BCUT2D eigenvalue weighted by Crippen LogP contribution is -2.41. The van der Waals surface area contributed by atoms with Gasteiger partial charge in [0.05, 0.1) is 0 Å². The van der Waals surface area contributed by atoms with E-state index in [1.807, 2.05) is 123 Å². The largest absolute Gasteiger partial charge is 0.481 e. The second-order valence-corrected chi connectivity index (χ2v) is 14.4. The van der Waals surface area contributed by atoms with Gasteiger partial charge in [-0.1, -0.05) is 98.8 Å². The number of rotatable bonds is 18. The highest BCUT2D eigenvalue weighted by Gasteiger charge is 2.35. The maximum atomic E-state index is 12.9. The number of thioether (sulfide) groups is 2. The molecule has 0 radical (unpaired) electrons. The molecule has 10 heteroatoms. The van der Waals surface area contributed by atoms with E-state index in [1.165, 1.54) is 0 Å². The zero-order valence-electron chi connectivity index (χ0n) is 28.5. The molecular weight excluding hydrogens is 657 g/mol. The Labute approximate surface area is 298 Å². The predicted octanol–water partition coefficient (Wildman–Crippen LogP) is 8.03. The van der Waals surface area contributed by atoms with Crippen LogP contribution in [0.3, 0.4) is 0 Å². The van der Waals surface area contributed by atoms with Gasteiger partial charge in [-0.2, -0.15) is 0 Å². The van der Waals surface area contributed by atoms with Gasteiger partial charge in [0.2, 0.25) is 0 Å². The van der Waals surface area contributed by atoms with Crippen LogP contribution >= 0.6 is 23.5 Å². The molecule has 0 aromatic heterocycles. The number of benzene rings is 4. The van der Waals surface area contributed by atoms with Gasteiger partial charge in [-0.3, -0.25) is 21.1 Å². The van der Waals surface area contributed by atoms with Crippen molar-refractivity contribution in [2.45, 2.75) is 80.4 Å². The molecule has 4 atom stereocenters. The predicted molar refractivity (Wildman–Crippen MR) is 197 cm³/mol. The Morgan fingerprint density at radius 1 is 0.592 bits per heavy atom. The second-order valence-electron chi connectivity index (χ2n) is 11.8. The van der Waals surface area contributed by atoms with Crippen LogP contribution in [0.1, 0.15) is 58.1 Å². The smallest absolute Gasteiger partial charge is 0.318 e. The summed E-state index contributed by atoms with van der Waals surface area (Å²) in [4.78, 5) is 27.8. The Morgan fingerprint density at radius 2 is 0.939 bits per heavy atom. The fourth-order valence-corrected chi connectivity index (χ4v) is 6.99. The summed E-state index contributed by atoms with van der Waals surface area (Å²) in [6.07, 6.45) is -2.53. The van der Waals surface area contributed by atoms with E-state index in [4.69, 9.17) is 30.4 Å². The molecule has 4 N–H and O–H groups in total. The quantitative estimate of drug-likeness (QED) is 0.0456. The molecule has 0 fully saturated rings. The van der Waals surface area contributed by atoms with Gasteiger partial charge in [-0.15, -0.1) is 23.5 Å². The van der Waals surface area contributed by atoms with Crippen LogP contribution in [0.4, 0.5) is 0 Å². The molecule has 49 heavy (non-hydrogen) atoms. The summed E-state index contributed by atoms with van der Waals surface area (Å²) in [7, 11) is 0. The molecule has 0 spiro atoms. The van der Waals surface area contributed by atoms with Crippen molar-refractivity contribution < 1.29 is 28.5 Å².